The van der Waals surface area contributed by atoms with Gasteiger partial charge < -0.3 is 10.1 Å². The fourth-order valence-corrected chi connectivity index (χ4v) is 4.04. The van der Waals surface area contributed by atoms with Gasteiger partial charge in [-0.2, -0.15) is 0 Å². The van der Waals surface area contributed by atoms with Crippen molar-refractivity contribution in [1.29, 1.82) is 0 Å². The fraction of sp³-hybridized carbons (Fsp3) is 0.0952. The first-order chi connectivity index (χ1) is 14.9. The number of carbonyl (C=O) groups is 1. The van der Waals surface area contributed by atoms with Gasteiger partial charge >= 0.3 is 5.69 Å². The van der Waals surface area contributed by atoms with Crippen LogP contribution in [-0.2, 0) is 11.3 Å². The zero-order valence-corrected chi connectivity index (χ0v) is 16.9. The highest BCUT2D eigenvalue weighted by atomic mass is 32.1. The van der Waals surface area contributed by atoms with Gasteiger partial charge in [0, 0.05) is 6.07 Å². The van der Waals surface area contributed by atoms with Crippen LogP contribution in [0.25, 0.3) is 15.9 Å². The number of benzene rings is 2. The van der Waals surface area contributed by atoms with E-state index in [9.17, 15) is 23.2 Å². The van der Waals surface area contributed by atoms with Crippen molar-refractivity contribution < 1.29 is 18.3 Å². The first kappa shape index (κ1) is 20.5. The highest BCUT2D eigenvalue weighted by molar-refractivity contribution is 7.17. The van der Waals surface area contributed by atoms with Crippen molar-refractivity contribution in [3.63, 3.8) is 0 Å². The molecule has 7 nitrogen and oxygen atoms in total. The molecule has 2 aromatic heterocycles. The number of fused-ring (bicyclic) bond motifs is 1. The molecule has 0 spiro atoms. The quantitative estimate of drug-likeness (QED) is 0.514. The summed E-state index contributed by atoms with van der Waals surface area (Å²) in [4.78, 5) is 38.6. The van der Waals surface area contributed by atoms with Crippen LogP contribution in [-0.4, -0.2) is 22.2 Å². The van der Waals surface area contributed by atoms with Gasteiger partial charge in [0.15, 0.2) is 0 Å². The average Bonchev–Trinajstić information content (AvgIpc) is 3.21. The molecule has 0 aliphatic rings. The van der Waals surface area contributed by atoms with E-state index in [0.29, 0.717) is 22.1 Å². The van der Waals surface area contributed by atoms with E-state index in [1.165, 1.54) is 13.2 Å². The molecule has 1 amide bonds. The number of ether oxygens (including phenoxy) is 1. The highest BCUT2D eigenvalue weighted by Gasteiger charge is 2.19. The van der Waals surface area contributed by atoms with Crippen LogP contribution in [0.5, 0.6) is 5.75 Å². The molecule has 0 bridgehead atoms. The topological polar surface area (TPSA) is 82.3 Å². The van der Waals surface area contributed by atoms with E-state index in [2.05, 4.69) is 5.32 Å². The van der Waals surface area contributed by atoms with Gasteiger partial charge in [0.1, 0.15) is 28.6 Å². The van der Waals surface area contributed by atoms with Crippen molar-refractivity contribution in [2.24, 2.45) is 0 Å². The third kappa shape index (κ3) is 3.84. The van der Waals surface area contributed by atoms with Crippen molar-refractivity contribution in [1.82, 2.24) is 9.13 Å². The van der Waals surface area contributed by atoms with Crippen molar-refractivity contribution in [2.45, 2.75) is 6.54 Å². The summed E-state index contributed by atoms with van der Waals surface area (Å²) in [7, 11) is 1.46. The number of halogens is 2. The Morgan fingerprint density at radius 2 is 1.81 bits per heavy atom. The predicted octanol–water partition coefficient (Wildman–Crippen LogP) is 3.14. The number of nitrogens with zero attached hydrogens (tertiary/aromatic N) is 2. The highest BCUT2D eigenvalue weighted by Crippen LogP contribution is 2.23. The molecule has 0 unspecified atom stereocenters. The zero-order valence-electron chi connectivity index (χ0n) is 16.1. The van der Waals surface area contributed by atoms with E-state index in [-0.39, 0.29) is 15.9 Å². The summed E-state index contributed by atoms with van der Waals surface area (Å²) in [6.07, 6.45) is 0. The second-order valence-corrected chi connectivity index (χ2v) is 7.44. The molecule has 0 radical (unpaired) electrons. The van der Waals surface area contributed by atoms with Gasteiger partial charge in [-0.1, -0.05) is 12.1 Å². The predicted molar refractivity (Wildman–Crippen MR) is 113 cm³/mol. The van der Waals surface area contributed by atoms with E-state index in [1.54, 1.807) is 29.6 Å². The van der Waals surface area contributed by atoms with Crippen molar-refractivity contribution in [3.8, 4) is 11.4 Å². The molecule has 0 aliphatic carbocycles. The van der Waals surface area contributed by atoms with E-state index >= 15 is 0 Å². The first-order valence-electron chi connectivity index (χ1n) is 9.01. The standard InChI is InChI=1S/C21H15F2N3O4S/c1-30-17-5-3-2-4-15(17)24-18(27)11-25-16-6-7-31-19(16)20(28)26(21(25)29)14-9-12(22)8-13(23)10-14/h2-10H,11H2,1H3,(H,24,27). The van der Waals surface area contributed by atoms with Gasteiger partial charge in [0.05, 0.1) is 24.0 Å². The van der Waals surface area contributed by atoms with E-state index in [4.69, 9.17) is 4.74 Å². The molecular formula is C21H15F2N3O4S. The SMILES string of the molecule is COc1ccccc1NC(=O)Cn1c(=O)n(-c2cc(F)cc(F)c2)c(=O)c2sccc21. The van der Waals surface area contributed by atoms with Crippen LogP contribution in [0.15, 0.2) is 63.5 Å². The minimum absolute atomic E-state index is 0.175. The molecular weight excluding hydrogens is 428 g/mol. The van der Waals surface area contributed by atoms with Crippen molar-refractivity contribution in [3.05, 3.63) is 86.4 Å². The van der Waals surface area contributed by atoms with Crippen LogP contribution in [0.4, 0.5) is 14.5 Å². The largest absolute Gasteiger partial charge is 0.495 e. The maximum atomic E-state index is 13.7. The fourth-order valence-electron chi connectivity index (χ4n) is 3.22. The molecule has 4 rings (SSSR count). The normalized spacial score (nSPS) is 10.9. The summed E-state index contributed by atoms with van der Waals surface area (Å²) in [6, 6.07) is 10.7. The number of hydrogen-bond acceptors (Lipinski definition) is 5. The van der Waals surface area contributed by atoms with Crippen LogP contribution in [0.1, 0.15) is 0 Å². The smallest absolute Gasteiger partial charge is 0.336 e. The Hall–Kier alpha value is -3.79. The Balaban J connectivity index is 1.81. The number of aromatic nitrogens is 2. The Morgan fingerprint density at radius 3 is 2.52 bits per heavy atom. The molecule has 10 heteroatoms. The number of anilines is 1. The summed E-state index contributed by atoms with van der Waals surface area (Å²) >= 11 is 1.06. The summed E-state index contributed by atoms with van der Waals surface area (Å²) in [5.74, 6) is -1.99. The van der Waals surface area contributed by atoms with Gasteiger partial charge in [-0.3, -0.25) is 14.2 Å². The van der Waals surface area contributed by atoms with Gasteiger partial charge in [0.25, 0.3) is 5.56 Å². The molecule has 31 heavy (non-hydrogen) atoms. The number of rotatable bonds is 5. The molecule has 4 aromatic rings. The minimum atomic E-state index is -0.937. The van der Waals surface area contributed by atoms with Gasteiger partial charge in [-0.05, 0) is 35.7 Å². The van der Waals surface area contributed by atoms with Gasteiger partial charge in [-0.25, -0.2) is 18.1 Å². The van der Waals surface area contributed by atoms with Gasteiger partial charge in [-0.15, -0.1) is 11.3 Å². The second kappa shape index (κ2) is 8.15. The number of para-hydroxylation sites is 2. The van der Waals surface area contributed by atoms with Crippen LogP contribution in [0, 0.1) is 11.6 Å². The molecule has 1 N–H and O–H groups in total. The van der Waals surface area contributed by atoms with Crippen molar-refractivity contribution >= 4 is 33.1 Å². The molecule has 0 atom stereocenters. The van der Waals surface area contributed by atoms with Gasteiger partial charge in [0.2, 0.25) is 5.91 Å². The molecule has 0 aliphatic heterocycles. The Morgan fingerprint density at radius 1 is 1.10 bits per heavy atom. The lowest BCUT2D eigenvalue weighted by atomic mass is 10.3. The Kier molecular flexibility index (Phi) is 5.38. The van der Waals surface area contributed by atoms with Crippen LogP contribution >= 0.6 is 11.3 Å². The molecule has 0 saturated heterocycles. The Bertz CT molecular complexity index is 1400. The lowest BCUT2D eigenvalue weighted by Crippen LogP contribution is -2.40. The zero-order chi connectivity index (χ0) is 22.1. The molecule has 2 aromatic carbocycles. The summed E-state index contributed by atoms with van der Waals surface area (Å²) < 4.78 is 34.5. The lowest BCUT2D eigenvalue weighted by molar-refractivity contribution is -0.116. The summed E-state index contributed by atoms with van der Waals surface area (Å²) in [5, 5.41) is 4.25. The third-order valence-corrected chi connectivity index (χ3v) is 5.43. The van der Waals surface area contributed by atoms with Crippen molar-refractivity contribution in [2.75, 3.05) is 12.4 Å². The van der Waals surface area contributed by atoms with Crippen LogP contribution in [0.3, 0.4) is 0 Å². The Labute approximate surface area is 177 Å². The first-order valence-corrected chi connectivity index (χ1v) is 9.89. The monoisotopic (exact) mass is 443 g/mol. The average molecular weight is 443 g/mol. The second-order valence-electron chi connectivity index (χ2n) is 6.52. The molecule has 0 saturated carbocycles. The number of amides is 1. The van der Waals surface area contributed by atoms with Crippen LogP contribution < -0.4 is 21.3 Å². The molecule has 0 fully saturated rings. The van der Waals surface area contributed by atoms with E-state index in [0.717, 1.165) is 28.0 Å². The number of carbonyl (C=O) groups excluding carboxylic acids is 1. The van der Waals surface area contributed by atoms with Crippen LogP contribution in [0.2, 0.25) is 0 Å². The number of thiophene rings is 1. The maximum Gasteiger partial charge on any atom is 0.336 e. The summed E-state index contributed by atoms with van der Waals surface area (Å²) in [5.41, 5.74) is -1.22. The minimum Gasteiger partial charge on any atom is -0.495 e. The summed E-state index contributed by atoms with van der Waals surface area (Å²) in [6.45, 7) is -0.428. The molecule has 2 heterocycles. The maximum absolute atomic E-state index is 13.7. The third-order valence-electron chi connectivity index (χ3n) is 4.54. The number of hydrogen-bond donors (Lipinski definition) is 1. The van der Waals surface area contributed by atoms with E-state index < -0.39 is 35.3 Å². The molecule has 158 valence electrons. The lowest BCUT2D eigenvalue weighted by Gasteiger charge is -2.13. The van der Waals surface area contributed by atoms with E-state index in [1.807, 2.05) is 0 Å². The number of nitrogens with one attached hydrogen (secondary N) is 1. The number of methoxy groups -OCH3 is 1.